The van der Waals surface area contributed by atoms with E-state index in [1.54, 1.807) is 60.3 Å². The standard InChI is InChI=1S/C24H28ClN5O4S/c1-28(2)24(34)29-13-17(18(14-29)27-23(33)19-10-11-20(25)35-19)26-22(32)15-6-8-16(9-7-15)30-12-4-3-5-21(30)31/h6-11,17-18H,3-5,12-14H2,1-2H3,(H,26,32)(H,27,33)/t17-,18+/m0/s1. The van der Waals surface area contributed by atoms with Crippen LogP contribution >= 0.6 is 22.9 Å². The predicted octanol–water partition coefficient (Wildman–Crippen LogP) is 2.81. The molecule has 186 valence electrons. The minimum atomic E-state index is -0.478. The van der Waals surface area contributed by atoms with E-state index in [9.17, 15) is 19.2 Å². The molecule has 1 aromatic heterocycles. The number of rotatable bonds is 5. The first kappa shape index (κ1) is 25.0. The number of urea groups is 1. The Kier molecular flexibility index (Phi) is 7.61. The zero-order valence-corrected chi connectivity index (χ0v) is 21.2. The van der Waals surface area contributed by atoms with Gasteiger partial charge in [0.25, 0.3) is 11.8 Å². The highest BCUT2D eigenvalue weighted by atomic mass is 35.5. The highest BCUT2D eigenvalue weighted by Crippen LogP contribution is 2.23. The first-order chi connectivity index (χ1) is 16.7. The maximum atomic E-state index is 13.0. The van der Waals surface area contributed by atoms with Gasteiger partial charge in [-0.1, -0.05) is 11.6 Å². The molecule has 2 fully saturated rings. The SMILES string of the molecule is CN(C)C(=O)N1C[C@H](NC(=O)c2ccc(N3CCCCC3=O)cc2)[C@H](NC(=O)c2ccc(Cl)s2)C1. The maximum absolute atomic E-state index is 13.0. The van der Waals surface area contributed by atoms with E-state index in [2.05, 4.69) is 10.6 Å². The van der Waals surface area contributed by atoms with Crippen LogP contribution in [-0.4, -0.2) is 79.4 Å². The molecular weight excluding hydrogens is 490 g/mol. The van der Waals surface area contributed by atoms with Gasteiger partial charge in [-0.15, -0.1) is 11.3 Å². The van der Waals surface area contributed by atoms with Crippen LogP contribution in [0.4, 0.5) is 10.5 Å². The van der Waals surface area contributed by atoms with Crippen molar-refractivity contribution in [3.8, 4) is 0 Å². The highest BCUT2D eigenvalue weighted by molar-refractivity contribution is 7.18. The molecule has 9 nitrogen and oxygen atoms in total. The summed E-state index contributed by atoms with van der Waals surface area (Å²) in [5.41, 5.74) is 1.21. The van der Waals surface area contributed by atoms with Crippen molar-refractivity contribution < 1.29 is 19.2 Å². The highest BCUT2D eigenvalue weighted by Gasteiger charge is 2.38. The minimum absolute atomic E-state index is 0.0932. The molecule has 2 atom stereocenters. The molecule has 0 aliphatic carbocycles. The fourth-order valence-electron chi connectivity index (χ4n) is 4.33. The number of amides is 5. The molecule has 0 unspecified atom stereocenters. The van der Waals surface area contributed by atoms with Crippen LogP contribution in [0.1, 0.15) is 39.3 Å². The summed E-state index contributed by atoms with van der Waals surface area (Å²) in [5.74, 6) is -0.527. The van der Waals surface area contributed by atoms with Crippen LogP contribution < -0.4 is 15.5 Å². The van der Waals surface area contributed by atoms with Gasteiger partial charge >= 0.3 is 6.03 Å². The first-order valence-corrected chi connectivity index (χ1v) is 12.7. The van der Waals surface area contributed by atoms with E-state index in [1.807, 2.05) is 0 Å². The number of benzene rings is 1. The Morgan fingerprint density at radius 3 is 2.20 bits per heavy atom. The summed E-state index contributed by atoms with van der Waals surface area (Å²) in [7, 11) is 3.31. The smallest absolute Gasteiger partial charge is 0.319 e. The van der Waals surface area contributed by atoms with Crippen LogP contribution in [0.25, 0.3) is 0 Å². The van der Waals surface area contributed by atoms with Crippen molar-refractivity contribution in [3.05, 3.63) is 51.2 Å². The summed E-state index contributed by atoms with van der Waals surface area (Å²) in [6.07, 6.45) is 2.40. The van der Waals surface area contributed by atoms with Gasteiger partial charge in [-0.2, -0.15) is 0 Å². The van der Waals surface area contributed by atoms with Crippen LogP contribution in [0.3, 0.4) is 0 Å². The van der Waals surface area contributed by atoms with E-state index in [0.29, 0.717) is 27.7 Å². The van der Waals surface area contributed by atoms with Gasteiger partial charge in [0.05, 0.1) is 21.3 Å². The van der Waals surface area contributed by atoms with Crippen molar-refractivity contribution in [1.82, 2.24) is 20.4 Å². The topological polar surface area (TPSA) is 102 Å². The second-order valence-corrected chi connectivity index (χ2v) is 10.6. The lowest BCUT2D eigenvalue weighted by molar-refractivity contribution is -0.119. The van der Waals surface area contributed by atoms with Gasteiger partial charge in [-0.3, -0.25) is 14.4 Å². The molecule has 3 heterocycles. The van der Waals surface area contributed by atoms with Gasteiger partial charge in [-0.05, 0) is 49.2 Å². The average Bonchev–Trinajstić information content (AvgIpc) is 3.45. The number of hydrogen-bond donors (Lipinski definition) is 2. The van der Waals surface area contributed by atoms with Crippen molar-refractivity contribution in [2.45, 2.75) is 31.3 Å². The minimum Gasteiger partial charge on any atom is -0.345 e. The van der Waals surface area contributed by atoms with Gasteiger partial charge in [0.15, 0.2) is 0 Å². The molecular formula is C24H28ClN5O4S. The molecule has 35 heavy (non-hydrogen) atoms. The summed E-state index contributed by atoms with van der Waals surface area (Å²) < 4.78 is 0.505. The summed E-state index contributed by atoms with van der Waals surface area (Å²) >= 11 is 7.12. The molecule has 2 aromatic rings. The molecule has 1 aromatic carbocycles. The number of hydrogen-bond acceptors (Lipinski definition) is 5. The fourth-order valence-corrected chi connectivity index (χ4v) is 5.28. The monoisotopic (exact) mass is 517 g/mol. The number of likely N-dealkylation sites (tertiary alicyclic amines) is 1. The van der Waals surface area contributed by atoms with Crippen molar-refractivity contribution >= 4 is 52.4 Å². The molecule has 5 amide bonds. The van der Waals surface area contributed by atoms with Crippen molar-refractivity contribution in [2.75, 3.05) is 38.6 Å². The molecule has 11 heteroatoms. The summed E-state index contributed by atoms with van der Waals surface area (Å²) in [5, 5.41) is 5.91. The number of thiophene rings is 1. The van der Waals surface area contributed by atoms with Crippen LogP contribution in [0, 0.1) is 0 Å². The van der Waals surface area contributed by atoms with Crippen LogP contribution in [-0.2, 0) is 4.79 Å². The van der Waals surface area contributed by atoms with Crippen LogP contribution in [0.15, 0.2) is 36.4 Å². The lowest BCUT2D eigenvalue weighted by Gasteiger charge is -2.27. The molecule has 0 spiro atoms. The number of anilines is 1. The van der Waals surface area contributed by atoms with E-state index in [1.165, 1.54) is 16.2 Å². The molecule has 2 N–H and O–H groups in total. The Bertz CT molecular complexity index is 1120. The maximum Gasteiger partial charge on any atom is 0.319 e. The van der Waals surface area contributed by atoms with E-state index in [4.69, 9.17) is 11.6 Å². The van der Waals surface area contributed by atoms with Crippen molar-refractivity contribution in [2.24, 2.45) is 0 Å². The quantitative estimate of drug-likeness (QED) is 0.636. The van der Waals surface area contributed by atoms with Gasteiger partial charge in [0.2, 0.25) is 5.91 Å². The van der Waals surface area contributed by atoms with Crippen molar-refractivity contribution in [1.29, 1.82) is 0 Å². The number of nitrogens with one attached hydrogen (secondary N) is 2. The Balaban J connectivity index is 1.46. The molecule has 0 saturated carbocycles. The van der Waals surface area contributed by atoms with Crippen LogP contribution in [0.5, 0.6) is 0 Å². The lowest BCUT2D eigenvalue weighted by atomic mass is 10.1. The lowest BCUT2D eigenvalue weighted by Crippen LogP contribution is -2.50. The second kappa shape index (κ2) is 10.7. The largest absolute Gasteiger partial charge is 0.345 e. The number of carbonyl (C=O) groups is 4. The summed E-state index contributed by atoms with van der Waals surface area (Å²) in [6, 6.07) is 9.06. The Morgan fingerprint density at radius 2 is 1.63 bits per heavy atom. The normalized spacial score (nSPS) is 20.0. The fraction of sp³-hybridized carbons (Fsp3) is 0.417. The molecule has 2 saturated heterocycles. The molecule has 2 aliphatic heterocycles. The van der Waals surface area contributed by atoms with E-state index < -0.39 is 12.1 Å². The number of piperidine rings is 1. The zero-order chi connectivity index (χ0) is 25.1. The Labute approximate surface area is 213 Å². The van der Waals surface area contributed by atoms with Gasteiger partial charge < -0.3 is 25.3 Å². The van der Waals surface area contributed by atoms with Crippen LogP contribution in [0.2, 0.25) is 4.34 Å². The Hall–Kier alpha value is -3.11. The second-order valence-electron chi connectivity index (χ2n) is 8.90. The zero-order valence-electron chi connectivity index (χ0n) is 19.6. The summed E-state index contributed by atoms with van der Waals surface area (Å²) in [6.45, 7) is 1.21. The molecule has 0 bridgehead atoms. The predicted molar refractivity (Wildman–Crippen MR) is 135 cm³/mol. The number of halogens is 1. The third-order valence-corrected chi connectivity index (χ3v) is 7.40. The Morgan fingerprint density at radius 1 is 0.971 bits per heavy atom. The average molecular weight is 518 g/mol. The first-order valence-electron chi connectivity index (χ1n) is 11.5. The van der Waals surface area contributed by atoms with E-state index in [0.717, 1.165) is 18.5 Å². The third kappa shape index (κ3) is 5.76. The van der Waals surface area contributed by atoms with Gasteiger partial charge in [0, 0.05) is 51.4 Å². The van der Waals surface area contributed by atoms with Gasteiger partial charge in [-0.25, -0.2) is 4.79 Å². The summed E-state index contributed by atoms with van der Waals surface area (Å²) in [4.78, 5) is 55.7. The van der Waals surface area contributed by atoms with Crippen molar-refractivity contribution in [3.63, 3.8) is 0 Å². The van der Waals surface area contributed by atoms with Gasteiger partial charge in [0.1, 0.15) is 0 Å². The number of nitrogens with zero attached hydrogens (tertiary/aromatic N) is 3. The third-order valence-electron chi connectivity index (χ3n) is 6.17. The van der Waals surface area contributed by atoms with E-state index >= 15 is 0 Å². The molecule has 2 aliphatic rings. The molecule has 0 radical (unpaired) electrons. The number of carbonyl (C=O) groups excluding carboxylic acids is 4. The van der Waals surface area contributed by atoms with E-state index in [-0.39, 0.29) is 36.8 Å². The molecule has 4 rings (SSSR count).